The number of carbonyl (C=O) groups excluding carboxylic acids is 1. The zero-order valence-corrected chi connectivity index (χ0v) is 11.7. The first-order valence-corrected chi connectivity index (χ1v) is 6.09. The maximum absolute atomic E-state index is 11.9. The lowest BCUT2D eigenvalue weighted by molar-refractivity contribution is 0.0709. The van der Waals surface area contributed by atoms with Gasteiger partial charge in [0.1, 0.15) is 0 Å². The minimum Gasteiger partial charge on any atom is -0.398 e. The van der Waals surface area contributed by atoms with Gasteiger partial charge in [0.2, 0.25) is 0 Å². The van der Waals surface area contributed by atoms with Crippen LogP contribution in [-0.2, 0) is 0 Å². The molecule has 5 heteroatoms. The molecule has 0 heterocycles. The fraction of sp³-hybridized carbons (Fsp3) is 0.417. The first kappa shape index (κ1) is 14.0. The van der Waals surface area contributed by atoms with Crippen molar-refractivity contribution in [3.05, 3.63) is 28.2 Å². The zero-order chi connectivity index (χ0) is 13.2. The van der Waals surface area contributed by atoms with Crippen molar-refractivity contribution in [2.75, 3.05) is 5.73 Å². The van der Waals surface area contributed by atoms with E-state index in [9.17, 15) is 9.90 Å². The lowest BCUT2D eigenvalue weighted by Gasteiger charge is -2.29. The van der Waals surface area contributed by atoms with Crippen LogP contribution in [-0.4, -0.2) is 22.7 Å². The Labute approximate surface area is 109 Å². The molecular weight excluding hydrogens is 284 g/mol. The number of halogens is 1. The minimum absolute atomic E-state index is 0.255. The van der Waals surface area contributed by atoms with Gasteiger partial charge < -0.3 is 16.2 Å². The van der Waals surface area contributed by atoms with Gasteiger partial charge in [0, 0.05) is 15.7 Å². The average Bonchev–Trinajstić information content (AvgIpc) is 2.21. The van der Waals surface area contributed by atoms with Crippen molar-refractivity contribution in [2.45, 2.75) is 32.4 Å². The maximum Gasteiger partial charge on any atom is 0.251 e. The molecule has 1 rings (SSSR count). The van der Waals surface area contributed by atoms with Crippen molar-refractivity contribution >= 4 is 27.5 Å². The Hall–Kier alpha value is -1.07. The van der Waals surface area contributed by atoms with Crippen LogP contribution in [0.4, 0.5) is 5.69 Å². The number of aliphatic hydroxyl groups excluding tert-OH is 1. The molecule has 0 radical (unpaired) electrons. The highest BCUT2D eigenvalue weighted by atomic mass is 79.9. The quantitative estimate of drug-likeness (QED) is 0.747. The van der Waals surface area contributed by atoms with Crippen molar-refractivity contribution in [3.63, 3.8) is 0 Å². The zero-order valence-electron chi connectivity index (χ0n) is 10.1. The number of anilines is 1. The molecule has 0 bridgehead atoms. The second-order valence-electron chi connectivity index (χ2n) is 4.59. The molecule has 0 saturated heterocycles. The Bertz CT molecular complexity index is 431. The molecule has 0 aliphatic carbocycles. The van der Waals surface area contributed by atoms with Gasteiger partial charge in [-0.25, -0.2) is 0 Å². The number of rotatable bonds is 3. The molecule has 0 spiro atoms. The molecule has 0 saturated carbocycles. The molecule has 0 aliphatic rings. The summed E-state index contributed by atoms with van der Waals surface area (Å²) < 4.78 is 0.754. The smallest absolute Gasteiger partial charge is 0.251 e. The van der Waals surface area contributed by atoms with Crippen LogP contribution in [0.15, 0.2) is 22.7 Å². The highest BCUT2D eigenvalue weighted by molar-refractivity contribution is 9.10. The van der Waals surface area contributed by atoms with Crippen LogP contribution in [0.25, 0.3) is 0 Å². The van der Waals surface area contributed by atoms with Crippen LogP contribution >= 0.6 is 15.9 Å². The van der Waals surface area contributed by atoms with Crippen LogP contribution < -0.4 is 11.1 Å². The predicted molar refractivity (Wildman–Crippen MR) is 71.8 cm³/mol. The van der Waals surface area contributed by atoms with Gasteiger partial charge in [0.05, 0.1) is 11.6 Å². The normalized spacial score (nSPS) is 13.2. The molecule has 0 fully saturated rings. The highest BCUT2D eigenvalue weighted by Gasteiger charge is 2.26. The first-order valence-electron chi connectivity index (χ1n) is 5.29. The van der Waals surface area contributed by atoms with E-state index in [1.807, 2.05) is 0 Å². The Morgan fingerprint density at radius 1 is 1.53 bits per heavy atom. The number of hydrogen-bond acceptors (Lipinski definition) is 3. The van der Waals surface area contributed by atoms with Crippen molar-refractivity contribution in [2.24, 2.45) is 0 Å². The molecule has 1 atom stereocenters. The summed E-state index contributed by atoms with van der Waals surface area (Å²) in [6.45, 7) is 5.16. The van der Waals surface area contributed by atoms with Crippen molar-refractivity contribution in [1.82, 2.24) is 5.32 Å². The largest absolute Gasteiger partial charge is 0.398 e. The van der Waals surface area contributed by atoms with E-state index in [1.165, 1.54) is 0 Å². The van der Waals surface area contributed by atoms with Crippen LogP contribution in [0.5, 0.6) is 0 Å². The predicted octanol–water partition coefficient (Wildman–Crippen LogP) is 1.92. The van der Waals surface area contributed by atoms with Gasteiger partial charge in [-0.2, -0.15) is 0 Å². The van der Waals surface area contributed by atoms with Crippen LogP contribution in [0, 0.1) is 0 Å². The SMILES string of the molecule is CC(O)C(C)(C)NC(=O)c1ccc(Br)c(N)c1. The average molecular weight is 301 g/mol. The number of benzene rings is 1. The van der Waals surface area contributed by atoms with Crippen molar-refractivity contribution < 1.29 is 9.90 Å². The molecule has 1 amide bonds. The van der Waals surface area contributed by atoms with E-state index in [2.05, 4.69) is 21.2 Å². The summed E-state index contributed by atoms with van der Waals surface area (Å²) >= 11 is 3.27. The molecule has 1 unspecified atom stereocenters. The summed E-state index contributed by atoms with van der Waals surface area (Å²) in [6, 6.07) is 4.99. The van der Waals surface area contributed by atoms with Gasteiger partial charge in [-0.3, -0.25) is 4.79 Å². The van der Waals surface area contributed by atoms with Gasteiger partial charge in [0.25, 0.3) is 5.91 Å². The van der Waals surface area contributed by atoms with Gasteiger partial charge in [0.15, 0.2) is 0 Å². The molecule has 1 aromatic carbocycles. The molecule has 4 nitrogen and oxygen atoms in total. The molecule has 0 aromatic heterocycles. The molecular formula is C12H17BrN2O2. The summed E-state index contributed by atoms with van der Waals surface area (Å²) in [5.41, 5.74) is 6.00. The Balaban J connectivity index is 2.87. The summed E-state index contributed by atoms with van der Waals surface area (Å²) in [7, 11) is 0. The van der Waals surface area contributed by atoms with Crippen molar-refractivity contribution in [1.29, 1.82) is 0 Å². The Morgan fingerprint density at radius 3 is 2.59 bits per heavy atom. The number of nitrogen functional groups attached to an aromatic ring is 1. The standard InChI is InChI=1S/C12H17BrN2O2/c1-7(16)12(2,3)15-11(17)8-4-5-9(13)10(14)6-8/h4-7,16H,14H2,1-3H3,(H,15,17). The number of aliphatic hydroxyl groups is 1. The first-order chi connectivity index (χ1) is 7.74. The van der Waals surface area contributed by atoms with E-state index >= 15 is 0 Å². The van der Waals surface area contributed by atoms with Crippen LogP contribution in [0.1, 0.15) is 31.1 Å². The van der Waals surface area contributed by atoms with E-state index in [-0.39, 0.29) is 5.91 Å². The number of amides is 1. The van der Waals surface area contributed by atoms with E-state index in [1.54, 1.807) is 39.0 Å². The lowest BCUT2D eigenvalue weighted by atomic mass is 9.98. The fourth-order valence-corrected chi connectivity index (χ4v) is 1.40. The van der Waals surface area contributed by atoms with E-state index in [0.717, 1.165) is 4.47 Å². The van der Waals surface area contributed by atoms with E-state index in [0.29, 0.717) is 11.3 Å². The summed E-state index contributed by atoms with van der Waals surface area (Å²) in [5, 5.41) is 12.3. The molecule has 0 aliphatic heterocycles. The number of nitrogens with two attached hydrogens (primary N) is 1. The number of carbonyl (C=O) groups is 1. The molecule has 17 heavy (non-hydrogen) atoms. The lowest BCUT2D eigenvalue weighted by Crippen LogP contribution is -2.50. The number of nitrogens with one attached hydrogen (secondary N) is 1. The minimum atomic E-state index is -0.682. The number of hydrogen-bond donors (Lipinski definition) is 3. The Morgan fingerprint density at radius 2 is 2.12 bits per heavy atom. The van der Waals surface area contributed by atoms with Gasteiger partial charge >= 0.3 is 0 Å². The molecule has 1 aromatic rings. The van der Waals surface area contributed by atoms with Gasteiger partial charge in [-0.15, -0.1) is 0 Å². The van der Waals surface area contributed by atoms with Crippen LogP contribution in [0.3, 0.4) is 0 Å². The van der Waals surface area contributed by atoms with Crippen LogP contribution in [0.2, 0.25) is 0 Å². The summed E-state index contributed by atoms with van der Waals surface area (Å²) in [6.07, 6.45) is -0.640. The third-order valence-corrected chi connectivity index (χ3v) is 3.46. The molecule has 4 N–H and O–H groups in total. The molecule has 94 valence electrons. The fourth-order valence-electron chi connectivity index (χ4n) is 1.15. The topological polar surface area (TPSA) is 75.3 Å². The maximum atomic E-state index is 11.9. The second kappa shape index (κ2) is 5.06. The summed E-state index contributed by atoms with van der Waals surface area (Å²) in [4.78, 5) is 11.9. The van der Waals surface area contributed by atoms with E-state index < -0.39 is 11.6 Å². The Kier molecular flexibility index (Phi) is 4.16. The second-order valence-corrected chi connectivity index (χ2v) is 5.44. The highest BCUT2D eigenvalue weighted by Crippen LogP contribution is 2.20. The monoisotopic (exact) mass is 300 g/mol. The van der Waals surface area contributed by atoms with Gasteiger partial charge in [-0.05, 0) is 54.9 Å². The van der Waals surface area contributed by atoms with Crippen molar-refractivity contribution in [3.8, 4) is 0 Å². The third-order valence-electron chi connectivity index (χ3n) is 2.74. The van der Waals surface area contributed by atoms with Gasteiger partial charge in [-0.1, -0.05) is 0 Å². The summed E-state index contributed by atoms with van der Waals surface area (Å²) in [5.74, 6) is -0.255. The third kappa shape index (κ3) is 3.44. The van der Waals surface area contributed by atoms with E-state index in [4.69, 9.17) is 5.73 Å².